The molecule has 1 aromatic heterocycles. The zero-order valence-electron chi connectivity index (χ0n) is 19.9. The van der Waals surface area contributed by atoms with E-state index in [0.717, 1.165) is 12.1 Å². The molecule has 0 spiro atoms. The molecule has 0 aliphatic rings. The molecule has 8 nitrogen and oxygen atoms in total. The molecule has 192 valence electrons. The predicted octanol–water partition coefficient (Wildman–Crippen LogP) is 5.38. The largest absolute Gasteiger partial charge is 0.417 e. The van der Waals surface area contributed by atoms with Crippen LogP contribution in [0.15, 0.2) is 54.6 Å². The van der Waals surface area contributed by atoms with Crippen LogP contribution in [-0.4, -0.2) is 35.9 Å². The highest BCUT2D eigenvalue weighted by Gasteiger charge is 2.36. The molecule has 3 aromatic carbocycles. The molecule has 0 fully saturated rings. The minimum absolute atomic E-state index is 0.0172. The second kappa shape index (κ2) is 9.75. The first kappa shape index (κ1) is 26.0. The molecule has 4 rings (SSSR count). The van der Waals surface area contributed by atoms with Gasteiger partial charge >= 0.3 is 6.18 Å². The lowest BCUT2D eigenvalue weighted by atomic mass is 10.1. The third-order valence-corrected chi connectivity index (χ3v) is 6.11. The lowest BCUT2D eigenvalue weighted by Crippen LogP contribution is -2.38. The predicted molar refractivity (Wildman–Crippen MR) is 137 cm³/mol. The van der Waals surface area contributed by atoms with Gasteiger partial charge in [0.25, 0.3) is 11.8 Å². The minimum atomic E-state index is -4.76. The number of hydrogen-bond donors (Lipinski definition) is 3. The van der Waals surface area contributed by atoms with E-state index in [9.17, 15) is 22.8 Å². The number of fused-ring (bicyclic) bond motifs is 1. The fourth-order valence-corrected chi connectivity index (χ4v) is 3.88. The van der Waals surface area contributed by atoms with Gasteiger partial charge in [0.1, 0.15) is 5.52 Å². The monoisotopic (exact) mass is 530 g/mol. The summed E-state index contributed by atoms with van der Waals surface area (Å²) in [7, 11) is 3.47. The van der Waals surface area contributed by atoms with Crippen molar-refractivity contribution >= 4 is 51.8 Å². The number of benzene rings is 3. The van der Waals surface area contributed by atoms with E-state index in [4.69, 9.17) is 17.4 Å². The Bertz CT molecular complexity index is 1520. The molecule has 0 aliphatic carbocycles. The fraction of sp³-hybridized carbons (Fsp3) is 0.160. The van der Waals surface area contributed by atoms with E-state index in [2.05, 4.69) is 15.3 Å². The molecule has 0 aliphatic heterocycles. The summed E-state index contributed by atoms with van der Waals surface area (Å²) in [5, 5.41) is 3.79. The molecule has 0 bridgehead atoms. The number of aromatic nitrogens is 2. The van der Waals surface area contributed by atoms with Crippen molar-refractivity contribution in [2.45, 2.75) is 13.1 Å². The van der Waals surface area contributed by atoms with Crippen molar-refractivity contribution in [3.8, 4) is 0 Å². The first-order chi connectivity index (χ1) is 17.4. The zero-order chi connectivity index (χ0) is 27.1. The Morgan fingerprint density at radius 3 is 2.43 bits per heavy atom. The van der Waals surface area contributed by atoms with Crippen LogP contribution in [0.25, 0.3) is 11.0 Å². The number of hydrogen-bond acceptors (Lipinski definition) is 5. The standard InChI is InChI=1S/C25H22ClF3N6O2/c1-13-18(26)9-6-10-19(13)31-22(36)16-11-14(12-20-21(16)33-24(32-20)34(2)3)35(30)23(37)15-7-4-5-8-17(15)25(27,28)29/h4-12H,30H2,1-3H3,(H,31,36)(H,32,33). The number of rotatable bonds is 5. The summed E-state index contributed by atoms with van der Waals surface area (Å²) in [6.07, 6.45) is -4.76. The average Bonchev–Trinajstić information content (AvgIpc) is 3.29. The van der Waals surface area contributed by atoms with Crippen molar-refractivity contribution in [3.05, 3.63) is 81.9 Å². The summed E-state index contributed by atoms with van der Waals surface area (Å²) in [6.45, 7) is 1.74. The van der Waals surface area contributed by atoms with Crippen molar-refractivity contribution in [1.29, 1.82) is 0 Å². The second-order valence-corrected chi connectivity index (χ2v) is 8.84. The van der Waals surface area contributed by atoms with Crippen molar-refractivity contribution in [2.75, 3.05) is 29.3 Å². The summed E-state index contributed by atoms with van der Waals surface area (Å²) in [6, 6.07) is 12.1. The zero-order valence-corrected chi connectivity index (χ0v) is 20.7. The summed E-state index contributed by atoms with van der Waals surface area (Å²) in [5.74, 6) is 4.76. The highest BCUT2D eigenvalue weighted by molar-refractivity contribution is 6.31. The van der Waals surface area contributed by atoms with Gasteiger partial charge in [-0.3, -0.25) is 9.59 Å². The number of carbonyl (C=O) groups excluding carboxylic acids is 2. The Balaban J connectivity index is 1.81. The normalized spacial score (nSPS) is 11.5. The topological polar surface area (TPSA) is 107 Å². The van der Waals surface area contributed by atoms with Crippen molar-refractivity contribution in [3.63, 3.8) is 0 Å². The highest BCUT2D eigenvalue weighted by Crippen LogP contribution is 2.34. The van der Waals surface area contributed by atoms with Gasteiger partial charge in [0.2, 0.25) is 5.95 Å². The number of imidazole rings is 1. The molecule has 4 N–H and O–H groups in total. The van der Waals surface area contributed by atoms with Crippen molar-refractivity contribution < 1.29 is 22.8 Å². The van der Waals surface area contributed by atoms with E-state index in [1.54, 1.807) is 44.1 Å². The number of H-pyrrole nitrogens is 1. The second-order valence-electron chi connectivity index (χ2n) is 8.43. The van der Waals surface area contributed by atoms with Gasteiger partial charge in [-0.15, -0.1) is 0 Å². The Hall–Kier alpha value is -4.09. The number of anilines is 3. The Morgan fingerprint density at radius 1 is 1.05 bits per heavy atom. The smallest absolute Gasteiger partial charge is 0.349 e. The number of nitrogens with two attached hydrogens (primary N) is 1. The van der Waals surface area contributed by atoms with Crippen molar-refractivity contribution in [1.82, 2.24) is 9.97 Å². The summed E-state index contributed by atoms with van der Waals surface area (Å²) >= 11 is 6.17. The van der Waals surface area contributed by atoms with Gasteiger partial charge in [-0.05, 0) is 48.9 Å². The third kappa shape index (κ3) is 5.09. The number of hydrazine groups is 1. The van der Waals surface area contributed by atoms with Gasteiger partial charge in [-0.2, -0.15) is 13.2 Å². The van der Waals surface area contributed by atoms with Crippen LogP contribution in [0.2, 0.25) is 5.02 Å². The summed E-state index contributed by atoms with van der Waals surface area (Å²) < 4.78 is 40.5. The van der Waals surface area contributed by atoms with Crippen LogP contribution in [0, 0.1) is 6.92 Å². The van der Waals surface area contributed by atoms with E-state index in [1.807, 2.05) is 0 Å². The number of carbonyl (C=O) groups is 2. The summed E-state index contributed by atoms with van der Waals surface area (Å²) in [5.41, 5.74) is 0.00120. The van der Waals surface area contributed by atoms with E-state index in [1.165, 1.54) is 24.3 Å². The van der Waals surface area contributed by atoms with Crippen LogP contribution in [0.4, 0.5) is 30.5 Å². The van der Waals surface area contributed by atoms with Gasteiger partial charge in [-0.1, -0.05) is 29.8 Å². The van der Waals surface area contributed by atoms with E-state index in [-0.39, 0.29) is 16.8 Å². The maximum Gasteiger partial charge on any atom is 0.417 e. The van der Waals surface area contributed by atoms with Gasteiger partial charge in [-0.25, -0.2) is 15.8 Å². The Morgan fingerprint density at radius 2 is 1.76 bits per heavy atom. The average molecular weight is 531 g/mol. The molecular formula is C25H22ClF3N6O2. The van der Waals surface area contributed by atoms with E-state index >= 15 is 0 Å². The van der Waals surface area contributed by atoms with Crippen LogP contribution in [0.5, 0.6) is 0 Å². The quantitative estimate of drug-likeness (QED) is 0.182. The summed E-state index contributed by atoms with van der Waals surface area (Å²) in [4.78, 5) is 35.6. The molecule has 0 unspecified atom stereocenters. The molecule has 0 saturated carbocycles. The number of aromatic amines is 1. The van der Waals surface area contributed by atoms with Crippen molar-refractivity contribution in [2.24, 2.45) is 5.84 Å². The molecule has 12 heteroatoms. The SMILES string of the molecule is Cc1c(Cl)cccc1NC(=O)c1cc(N(N)C(=O)c2ccccc2C(F)(F)F)cc2[nH]c(N(C)C)nc12. The maximum absolute atomic E-state index is 13.5. The number of nitrogens with zero attached hydrogens (tertiary/aromatic N) is 3. The fourth-order valence-electron chi connectivity index (χ4n) is 3.71. The van der Waals surface area contributed by atoms with E-state index < -0.39 is 29.1 Å². The molecule has 0 atom stereocenters. The van der Waals surface area contributed by atoms with Gasteiger partial charge < -0.3 is 15.2 Å². The van der Waals surface area contributed by atoms with Crippen LogP contribution in [-0.2, 0) is 6.18 Å². The Kier molecular flexibility index (Phi) is 6.85. The van der Waals surface area contributed by atoms with Gasteiger partial charge in [0.15, 0.2) is 0 Å². The van der Waals surface area contributed by atoms with Crippen LogP contribution in [0.1, 0.15) is 31.8 Å². The van der Waals surface area contributed by atoms with E-state index in [0.29, 0.717) is 32.7 Å². The number of alkyl halides is 3. The van der Waals surface area contributed by atoms with Gasteiger partial charge in [0.05, 0.1) is 27.9 Å². The highest BCUT2D eigenvalue weighted by atomic mass is 35.5. The molecule has 4 aromatic rings. The van der Waals surface area contributed by atoms with Crippen LogP contribution in [0.3, 0.4) is 0 Å². The lowest BCUT2D eigenvalue weighted by Gasteiger charge is -2.20. The molecule has 2 amide bonds. The lowest BCUT2D eigenvalue weighted by molar-refractivity contribution is -0.137. The molecule has 0 radical (unpaired) electrons. The number of amides is 2. The molecular weight excluding hydrogens is 509 g/mol. The van der Waals surface area contributed by atoms with Gasteiger partial charge in [0, 0.05) is 24.8 Å². The molecule has 1 heterocycles. The van der Waals surface area contributed by atoms with Crippen LogP contribution < -0.4 is 21.1 Å². The van der Waals surface area contributed by atoms with Crippen LogP contribution >= 0.6 is 11.6 Å². The third-order valence-electron chi connectivity index (χ3n) is 5.70. The molecule has 37 heavy (non-hydrogen) atoms. The Labute approximate surface area is 214 Å². The molecule has 0 saturated heterocycles. The number of nitrogens with one attached hydrogen (secondary N) is 2. The maximum atomic E-state index is 13.5. The first-order valence-corrected chi connectivity index (χ1v) is 11.3. The minimum Gasteiger partial charge on any atom is -0.349 e. The number of halogens is 4. The first-order valence-electron chi connectivity index (χ1n) is 10.9.